The Morgan fingerprint density at radius 3 is 1.19 bits per heavy atom. The Balaban J connectivity index is 0.00000104. The van der Waals surface area contributed by atoms with Crippen molar-refractivity contribution in [3.63, 3.8) is 0 Å². The molecule has 0 N–H and O–H groups in total. The topological polar surface area (TPSA) is 46.2 Å². The molecule has 0 saturated heterocycles. The minimum absolute atomic E-state index is 0.0285. The number of benzene rings is 3. The van der Waals surface area contributed by atoms with Crippen LogP contribution in [0.3, 0.4) is 0 Å². The molecule has 0 aromatic heterocycles. The molecular weight excluding hydrogens is 464 g/mol. The molecule has 2 atom stereocenters. The minimum Gasteiger partial charge on any atom is -0.490 e. The van der Waals surface area contributed by atoms with Gasteiger partial charge in [0.1, 0.15) is 11.5 Å². The second kappa shape index (κ2) is 17.4. The quantitative estimate of drug-likeness (QED) is 0.287. The SMILES string of the molecule is CCC.CCC.COc1c(Oc2ccc(C(C)OC)cc2)cc(C)cc1Oc1ccc(C(C)OC)cc1. The van der Waals surface area contributed by atoms with Crippen molar-refractivity contribution < 1.29 is 23.7 Å². The van der Waals surface area contributed by atoms with Gasteiger partial charge in [-0.05, 0) is 73.9 Å². The molecule has 2 unspecified atom stereocenters. The minimum atomic E-state index is 0.0285. The molecule has 3 aromatic carbocycles. The van der Waals surface area contributed by atoms with Gasteiger partial charge in [-0.1, -0.05) is 64.8 Å². The van der Waals surface area contributed by atoms with Crippen LogP contribution >= 0.6 is 0 Å². The molecule has 0 radical (unpaired) electrons. The summed E-state index contributed by atoms with van der Waals surface area (Å²) in [6.07, 6.45) is 2.56. The Morgan fingerprint density at radius 1 is 0.595 bits per heavy atom. The lowest BCUT2D eigenvalue weighted by molar-refractivity contribution is 0.119. The van der Waals surface area contributed by atoms with Crippen molar-refractivity contribution in [2.75, 3.05) is 21.3 Å². The summed E-state index contributed by atoms with van der Waals surface area (Å²) in [6, 6.07) is 19.5. The van der Waals surface area contributed by atoms with Gasteiger partial charge in [0, 0.05) is 14.2 Å². The van der Waals surface area contributed by atoms with Crippen LogP contribution < -0.4 is 14.2 Å². The predicted octanol–water partition coefficient (Wildman–Crippen LogP) is 9.84. The molecule has 5 heteroatoms. The molecule has 0 heterocycles. The highest BCUT2D eigenvalue weighted by atomic mass is 16.5. The fourth-order valence-electron chi connectivity index (χ4n) is 3.20. The van der Waals surface area contributed by atoms with Gasteiger partial charge in [0.2, 0.25) is 5.75 Å². The van der Waals surface area contributed by atoms with Crippen molar-refractivity contribution in [1.29, 1.82) is 0 Å². The van der Waals surface area contributed by atoms with Gasteiger partial charge in [-0.2, -0.15) is 0 Å². The van der Waals surface area contributed by atoms with Gasteiger partial charge in [-0.3, -0.25) is 0 Å². The van der Waals surface area contributed by atoms with Crippen LogP contribution in [-0.2, 0) is 9.47 Å². The Kier molecular flexibility index (Phi) is 15.1. The highest BCUT2D eigenvalue weighted by Crippen LogP contribution is 2.42. The molecule has 0 aliphatic carbocycles. The third-order valence-corrected chi connectivity index (χ3v) is 5.23. The predicted molar refractivity (Wildman–Crippen MR) is 154 cm³/mol. The number of ether oxygens (including phenoxy) is 5. The summed E-state index contributed by atoms with van der Waals surface area (Å²) in [4.78, 5) is 0. The smallest absolute Gasteiger partial charge is 0.204 e. The summed E-state index contributed by atoms with van der Waals surface area (Å²) >= 11 is 0. The molecule has 3 rings (SSSR count). The maximum atomic E-state index is 6.13. The van der Waals surface area contributed by atoms with E-state index in [1.54, 1.807) is 21.3 Å². The van der Waals surface area contributed by atoms with Crippen LogP contribution in [0.4, 0.5) is 0 Å². The highest BCUT2D eigenvalue weighted by molar-refractivity contribution is 5.56. The van der Waals surface area contributed by atoms with Crippen LogP contribution in [0.1, 0.15) is 83.3 Å². The molecule has 5 nitrogen and oxygen atoms in total. The average Bonchev–Trinajstić information content (AvgIpc) is 2.89. The molecule has 0 aliphatic rings. The van der Waals surface area contributed by atoms with Crippen molar-refractivity contribution in [1.82, 2.24) is 0 Å². The molecule has 0 amide bonds. The molecule has 37 heavy (non-hydrogen) atoms. The van der Waals surface area contributed by atoms with E-state index in [9.17, 15) is 0 Å². The third kappa shape index (κ3) is 10.5. The lowest BCUT2D eigenvalue weighted by Crippen LogP contribution is -1.98. The van der Waals surface area contributed by atoms with Crippen molar-refractivity contribution in [3.8, 4) is 28.7 Å². The van der Waals surface area contributed by atoms with Gasteiger partial charge < -0.3 is 23.7 Å². The number of aryl methyl sites for hydroxylation is 1. The fourth-order valence-corrected chi connectivity index (χ4v) is 3.20. The van der Waals surface area contributed by atoms with Gasteiger partial charge >= 0.3 is 0 Å². The first-order valence-electron chi connectivity index (χ1n) is 13.1. The monoisotopic (exact) mass is 510 g/mol. The summed E-state index contributed by atoms with van der Waals surface area (Å²) in [6.45, 7) is 14.5. The summed E-state index contributed by atoms with van der Waals surface area (Å²) in [5.41, 5.74) is 3.17. The zero-order valence-electron chi connectivity index (χ0n) is 24.4. The van der Waals surface area contributed by atoms with Gasteiger partial charge in [-0.25, -0.2) is 0 Å². The molecule has 3 aromatic rings. The van der Waals surface area contributed by atoms with E-state index in [1.165, 1.54) is 12.8 Å². The molecule has 0 spiro atoms. The Bertz CT molecular complexity index is 934. The fraction of sp³-hybridized carbons (Fsp3) is 0.438. The third-order valence-electron chi connectivity index (χ3n) is 5.23. The van der Waals surface area contributed by atoms with Gasteiger partial charge in [0.25, 0.3) is 0 Å². The van der Waals surface area contributed by atoms with Gasteiger partial charge in [-0.15, -0.1) is 0 Å². The molecule has 0 aliphatic heterocycles. The summed E-state index contributed by atoms with van der Waals surface area (Å²) in [5.74, 6) is 3.14. The lowest BCUT2D eigenvalue weighted by atomic mass is 10.1. The number of methoxy groups -OCH3 is 3. The standard InChI is InChI=1S/C26H30O5.2C3H8/c1-17-15-24(30-22-11-7-20(8-12-22)18(2)27-4)26(29-6)25(16-17)31-23-13-9-21(10-14-23)19(3)28-5;2*1-3-2/h7-16,18-19H,1-6H3;2*3H2,1-2H3. The largest absolute Gasteiger partial charge is 0.490 e. The summed E-state index contributed by atoms with van der Waals surface area (Å²) in [7, 11) is 5.00. The van der Waals surface area contributed by atoms with E-state index >= 15 is 0 Å². The van der Waals surface area contributed by atoms with Crippen LogP contribution in [-0.4, -0.2) is 21.3 Å². The van der Waals surface area contributed by atoms with E-state index in [-0.39, 0.29) is 12.2 Å². The van der Waals surface area contributed by atoms with Crippen molar-refractivity contribution in [2.45, 2.75) is 73.5 Å². The Hall–Kier alpha value is -3.02. The molecule has 0 fully saturated rings. The maximum Gasteiger partial charge on any atom is 0.204 e. The van der Waals surface area contributed by atoms with Gasteiger partial charge in [0.05, 0.1) is 19.3 Å². The first kappa shape index (κ1) is 32.0. The first-order valence-corrected chi connectivity index (χ1v) is 13.1. The van der Waals surface area contributed by atoms with Crippen LogP contribution in [0.15, 0.2) is 60.7 Å². The Labute approximate surface area is 224 Å². The van der Waals surface area contributed by atoms with Crippen molar-refractivity contribution >= 4 is 0 Å². The number of hydrogen-bond acceptors (Lipinski definition) is 5. The molecular formula is C32H46O5. The number of rotatable bonds is 9. The van der Waals surface area contributed by atoms with Crippen molar-refractivity contribution in [2.24, 2.45) is 0 Å². The molecule has 0 saturated carbocycles. The van der Waals surface area contributed by atoms with Gasteiger partial charge in [0.15, 0.2) is 11.5 Å². The van der Waals surface area contributed by atoms with E-state index in [0.717, 1.165) is 16.7 Å². The van der Waals surface area contributed by atoms with E-state index in [1.807, 2.05) is 81.4 Å². The molecule has 204 valence electrons. The summed E-state index contributed by atoms with van der Waals surface area (Å²) in [5, 5.41) is 0. The first-order chi connectivity index (χ1) is 17.8. The van der Waals surface area contributed by atoms with Crippen LogP contribution in [0, 0.1) is 6.92 Å². The Morgan fingerprint density at radius 2 is 0.919 bits per heavy atom. The van der Waals surface area contributed by atoms with E-state index in [4.69, 9.17) is 23.7 Å². The van der Waals surface area contributed by atoms with E-state index < -0.39 is 0 Å². The highest BCUT2D eigenvalue weighted by Gasteiger charge is 2.16. The maximum absolute atomic E-state index is 6.13. The zero-order valence-corrected chi connectivity index (χ0v) is 24.4. The second-order valence-corrected chi connectivity index (χ2v) is 8.81. The van der Waals surface area contributed by atoms with Crippen LogP contribution in [0.5, 0.6) is 28.7 Å². The normalized spacial score (nSPS) is 11.7. The van der Waals surface area contributed by atoms with E-state index in [0.29, 0.717) is 28.7 Å². The second-order valence-electron chi connectivity index (χ2n) is 8.81. The molecule has 0 bridgehead atoms. The average molecular weight is 511 g/mol. The summed E-state index contributed by atoms with van der Waals surface area (Å²) < 4.78 is 28.6. The number of hydrogen-bond donors (Lipinski definition) is 0. The van der Waals surface area contributed by atoms with Crippen molar-refractivity contribution in [3.05, 3.63) is 77.4 Å². The lowest BCUT2D eigenvalue weighted by Gasteiger charge is -2.17. The van der Waals surface area contributed by atoms with E-state index in [2.05, 4.69) is 27.7 Å². The van der Waals surface area contributed by atoms with Crippen LogP contribution in [0.2, 0.25) is 0 Å². The van der Waals surface area contributed by atoms with Crippen LogP contribution in [0.25, 0.3) is 0 Å². The zero-order chi connectivity index (χ0) is 27.8.